The van der Waals surface area contributed by atoms with Crippen molar-refractivity contribution in [1.29, 1.82) is 0 Å². The Bertz CT molecular complexity index is 1080. The maximum atomic E-state index is 12.9. The molecule has 30 heavy (non-hydrogen) atoms. The number of hydrogen-bond donors (Lipinski definition) is 2. The number of carboxylic acid groups (broad SMARTS) is 1. The number of fused-ring (bicyclic) bond motifs is 1. The third kappa shape index (κ3) is 4.11. The summed E-state index contributed by atoms with van der Waals surface area (Å²) in [6.45, 7) is 0.957. The second kappa shape index (κ2) is 7.98. The van der Waals surface area contributed by atoms with Gasteiger partial charge in [-0.25, -0.2) is 4.79 Å². The molecule has 9 heteroatoms. The normalized spacial score (nSPS) is 15.9. The summed E-state index contributed by atoms with van der Waals surface area (Å²) in [5.74, 6) is -0.332. The lowest BCUT2D eigenvalue weighted by Gasteiger charge is -2.27. The molecule has 0 aliphatic carbocycles. The van der Waals surface area contributed by atoms with Crippen LogP contribution in [0.15, 0.2) is 48.8 Å². The molecule has 1 aliphatic rings. The van der Waals surface area contributed by atoms with Gasteiger partial charge in [0.25, 0.3) is 0 Å². The largest absolute Gasteiger partial charge is 0.493 e. The van der Waals surface area contributed by atoms with Crippen LogP contribution in [0.2, 0.25) is 0 Å². The van der Waals surface area contributed by atoms with Crippen LogP contribution in [0.5, 0.6) is 5.75 Å². The standard InChI is InChI=1S/C21H17F3N2O3S/c22-21(23,24)19-4-3-18(30-19)12-1-2-14-13(6-8-29-17(14)9-12)10-26-16-11-25-7-5-15(16)20(27)28/h1-5,7,9,11,13,26H,6,8,10H2,(H,27,28). The van der Waals surface area contributed by atoms with E-state index in [1.165, 1.54) is 24.5 Å². The summed E-state index contributed by atoms with van der Waals surface area (Å²) in [4.78, 5) is 15.2. The van der Waals surface area contributed by atoms with Gasteiger partial charge in [-0.15, -0.1) is 11.3 Å². The molecule has 1 atom stereocenters. The molecule has 0 amide bonds. The number of nitrogens with one attached hydrogen (secondary N) is 1. The Morgan fingerprint density at radius 3 is 2.83 bits per heavy atom. The van der Waals surface area contributed by atoms with Crippen molar-refractivity contribution in [1.82, 2.24) is 4.98 Å². The molecule has 0 spiro atoms. The molecule has 0 radical (unpaired) electrons. The molecule has 3 heterocycles. The lowest BCUT2D eigenvalue weighted by Crippen LogP contribution is -2.21. The molecule has 3 aromatic rings. The van der Waals surface area contributed by atoms with E-state index < -0.39 is 17.0 Å². The van der Waals surface area contributed by atoms with Crippen LogP contribution in [0.3, 0.4) is 0 Å². The molecule has 0 bridgehead atoms. The van der Waals surface area contributed by atoms with Gasteiger partial charge in [0, 0.05) is 23.5 Å². The van der Waals surface area contributed by atoms with Gasteiger partial charge in [-0.3, -0.25) is 4.98 Å². The zero-order chi connectivity index (χ0) is 21.3. The van der Waals surface area contributed by atoms with Crippen LogP contribution in [0, 0.1) is 0 Å². The fraction of sp³-hybridized carbons (Fsp3) is 0.238. The van der Waals surface area contributed by atoms with E-state index in [0.717, 1.165) is 18.1 Å². The molecule has 0 saturated heterocycles. The summed E-state index contributed by atoms with van der Waals surface area (Å²) in [6.07, 6.45) is -0.721. The number of carbonyl (C=O) groups is 1. The zero-order valence-corrected chi connectivity index (χ0v) is 16.4. The first-order valence-electron chi connectivity index (χ1n) is 9.18. The molecule has 1 aromatic carbocycles. The number of ether oxygens (including phenoxy) is 1. The summed E-state index contributed by atoms with van der Waals surface area (Å²) in [5, 5.41) is 12.4. The Morgan fingerprint density at radius 2 is 2.10 bits per heavy atom. The van der Waals surface area contributed by atoms with Crippen LogP contribution in [-0.4, -0.2) is 29.2 Å². The quantitative estimate of drug-likeness (QED) is 0.554. The van der Waals surface area contributed by atoms with Crippen molar-refractivity contribution < 1.29 is 27.8 Å². The number of thiophene rings is 1. The lowest BCUT2D eigenvalue weighted by molar-refractivity contribution is -0.134. The van der Waals surface area contributed by atoms with E-state index in [0.29, 0.717) is 46.4 Å². The van der Waals surface area contributed by atoms with E-state index in [1.807, 2.05) is 6.07 Å². The number of benzene rings is 1. The van der Waals surface area contributed by atoms with Crippen molar-refractivity contribution >= 4 is 23.0 Å². The number of aromatic nitrogens is 1. The van der Waals surface area contributed by atoms with Crippen molar-refractivity contribution in [3.63, 3.8) is 0 Å². The van der Waals surface area contributed by atoms with Crippen molar-refractivity contribution in [3.05, 3.63) is 64.8 Å². The van der Waals surface area contributed by atoms with Gasteiger partial charge in [0.05, 0.1) is 24.1 Å². The highest BCUT2D eigenvalue weighted by Crippen LogP contribution is 2.41. The summed E-state index contributed by atoms with van der Waals surface area (Å²) in [5.41, 5.74) is 2.19. The van der Waals surface area contributed by atoms with Gasteiger partial charge in [0.15, 0.2) is 0 Å². The Balaban J connectivity index is 1.54. The minimum Gasteiger partial charge on any atom is -0.493 e. The SMILES string of the molecule is O=C(O)c1ccncc1NCC1CCOc2cc(-c3ccc(C(F)(F)F)s3)ccc21. The monoisotopic (exact) mass is 434 g/mol. The second-order valence-corrected chi connectivity index (χ2v) is 7.94. The number of anilines is 1. The number of nitrogens with zero attached hydrogens (tertiary/aromatic N) is 1. The molecule has 2 aromatic heterocycles. The molecule has 1 aliphatic heterocycles. The highest BCUT2D eigenvalue weighted by molar-refractivity contribution is 7.15. The van der Waals surface area contributed by atoms with E-state index in [2.05, 4.69) is 10.3 Å². The number of hydrogen-bond acceptors (Lipinski definition) is 5. The molecule has 0 fully saturated rings. The maximum Gasteiger partial charge on any atom is 0.425 e. The van der Waals surface area contributed by atoms with Crippen molar-refractivity contribution in [2.75, 3.05) is 18.5 Å². The van der Waals surface area contributed by atoms with Crippen LogP contribution in [0.25, 0.3) is 10.4 Å². The molecular formula is C21H17F3N2O3S. The predicted molar refractivity (Wildman–Crippen MR) is 107 cm³/mol. The zero-order valence-electron chi connectivity index (χ0n) is 15.6. The molecular weight excluding hydrogens is 417 g/mol. The van der Waals surface area contributed by atoms with E-state index in [-0.39, 0.29) is 11.5 Å². The average molecular weight is 434 g/mol. The first-order chi connectivity index (χ1) is 14.3. The summed E-state index contributed by atoms with van der Waals surface area (Å²) in [7, 11) is 0. The number of aromatic carboxylic acids is 1. The minimum absolute atomic E-state index is 0.0683. The fourth-order valence-electron chi connectivity index (χ4n) is 3.43. The lowest BCUT2D eigenvalue weighted by atomic mass is 9.91. The highest BCUT2D eigenvalue weighted by atomic mass is 32.1. The number of carboxylic acids is 1. The summed E-state index contributed by atoms with van der Waals surface area (Å²) < 4.78 is 44.4. The first kappa shape index (κ1) is 20.2. The molecule has 2 N–H and O–H groups in total. The number of halogens is 3. The van der Waals surface area contributed by atoms with Crippen LogP contribution in [0.4, 0.5) is 18.9 Å². The van der Waals surface area contributed by atoms with Gasteiger partial charge in [-0.05, 0) is 41.8 Å². The average Bonchev–Trinajstić information content (AvgIpc) is 3.23. The second-order valence-electron chi connectivity index (χ2n) is 6.86. The van der Waals surface area contributed by atoms with Gasteiger partial charge >= 0.3 is 12.1 Å². The van der Waals surface area contributed by atoms with E-state index in [9.17, 15) is 23.1 Å². The number of pyridine rings is 1. The molecule has 0 saturated carbocycles. The highest BCUT2D eigenvalue weighted by Gasteiger charge is 2.32. The van der Waals surface area contributed by atoms with Crippen LogP contribution in [0.1, 0.15) is 33.1 Å². The Morgan fingerprint density at radius 1 is 1.27 bits per heavy atom. The van der Waals surface area contributed by atoms with E-state index in [4.69, 9.17) is 4.74 Å². The molecule has 156 valence electrons. The van der Waals surface area contributed by atoms with Crippen LogP contribution < -0.4 is 10.1 Å². The summed E-state index contributed by atoms with van der Waals surface area (Å²) in [6, 6.07) is 9.41. The van der Waals surface area contributed by atoms with Gasteiger partial charge in [-0.1, -0.05) is 12.1 Å². The van der Waals surface area contributed by atoms with Gasteiger partial charge < -0.3 is 15.2 Å². The Hall–Kier alpha value is -3.07. The van der Waals surface area contributed by atoms with Crippen LogP contribution >= 0.6 is 11.3 Å². The third-order valence-electron chi connectivity index (χ3n) is 4.94. The van der Waals surface area contributed by atoms with Crippen LogP contribution in [-0.2, 0) is 6.18 Å². The fourth-order valence-corrected chi connectivity index (χ4v) is 4.30. The van der Waals surface area contributed by atoms with Crippen molar-refractivity contribution in [2.24, 2.45) is 0 Å². The summed E-state index contributed by atoms with van der Waals surface area (Å²) >= 11 is 0.701. The van der Waals surface area contributed by atoms with E-state index >= 15 is 0 Å². The third-order valence-corrected chi connectivity index (χ3v) is 6.12. The van der Waals surface area contributed by atoms with Gasteiger partial charge in [-0.2, -0.15) is 13.2 Å². The Kier molecular flexibility index (Phi) is 5.38. The first-order valence-corrected chi connectivity index (χ1v) is 10.00. The molecule has 5 nitrogen and oxygen atoms in total. The number of alkyl halides is 3. The van der Waals surface area contributed by atoms with Gasteiger partial charge in [0.2, 0.25) is 0 Å². The number of rotatable bonds is 5. The molecule has 1 unspecified atom stereocenters. The van der Waals surface area contributed by atoms with Gasteiger partial charge in [0.1, 0.15) is 10.6 Å². The van der Waals surface area contributed by atoms with Crippen molar-refractivity contribution in [3.8, 4) is 16.2 Å². The topological polar surface area (TPSA) is 71.5 Å². The Labute approximate surface area is 174 Å². The maximum absolute atomic E-state index is 12.9. The smallest absolute Gasteiger partial charge is 0.425 e. The minimum atomic E-state index is -4.36. The van der Waals surface area contributed by atoms with E-state index in [1.54, 1.807) is 12.1 Å². The predicted octanol–water partition coefficient (Wildman–Crippen LogP) is 5.51. The molecule has 4 rings (SSSR count). The van der Waals surface area contributed by atoms with Crippen molar-refractivity contribution in [2.45, 2.75) is 18.5 Å².